The van der Waals surface area contributed by atoms with E-state index >= 15 is 0 Å². The third-order valence-electron chi connectivity index (χ3n) is 3.18. The van der Waals surface area contributed by atoms with Gasteiger partial charge in [-0.3, -0.25) is 4.79 Å². The van der Waals surface area contributed by atoms with Gasteiger partial charge in [0.05, 0.1) is 13.2 Å². The molecule has 2 aliphatic rings. The van der Waals surface area contributed by atoms with Crippen LogP contribution in [-0.2, 0) is 14.3 Å². The smallest absolute Gasteiger partial charge is 0.200 e. The summed E-state index contributed by atoms with van der Waals surface area (Å²) in [5.41, 5.74) is -0.566. The Hall–Kier alpha value is -0.420. The van der Waals surface area contributed by atoms with E-state index in [0.29, 0.717) is 13.2 Å². The van der Waals surface area contributed by atoms with Gasteiger partial charge in [-0.15, -0.1) is 11.6 Å². The van der Waals surface area contributed by atoms with Crippen molar-refractivity contribution in [3.8, 4) is 0 Å². The maximum Gasteiger partial charge on any atom is 0.200 e. The van der Waals surface area contributed by atoms with Crippen molar-refractivity contribution >= 4 is 17.4 Å². The fraction of sp³-hybridized carbons (Fsp3) is 0.727. The highest BCUT2D eigenvalue weighted by Gasteiger charge is 2.58. The highest BCUT2D eigenvalue weighted by atomic mass is 35.5. The summed E-state index contributed by atoms with van der Waals surface area (Å²) in [6.45, 7) is 4.55. The third-order valence-corrected chi connectivity index (χ3v) is 3.69. The number of carbonyl (C=O) groups excluding carboxylic acids is 1. The molecule has 0 aromatic rings. The summed E-state index contributed by atoms with van der Waals surface area (Å²) in [6.07, 6.45) is 1.98. The first-order valence-corrected chi connectivity index (χ1v) is 5.67. The molecule has 0 bridgehead atoms. The number of aliphatic hydroxyl groups is 1. The van der Waals surface area contributed by atoms with Crippen LogP contribution in [0.5, 0.6) is 0 Å². The molecule has 1 fully saturated rings. The number of carbonyl (C=O) groups is 1. The number of hydrogen-bond acceptors (Lipinski definition) is 4. The first kappa shape index (κ1) is 12.0. The fourth-order valence-corrected chi connectivity index (χ4v) is 2.69. The van der Waals surface area contributed by atoms with E-state index in [2.05, 4.69) is 0 Å². The summed E-state index contributed by atoms with van der Waals surface area (Å²) in [7, 11) is 0. The Morgan fingerprint density at radius 2 is 2.00 bits per heavy atom. The molecule has 1 aliphatic carbocycles. The Kier molecular flexibility index (Phi) is 2.87. The van der Waals surface area contributed by atoms with Gasteiger partial charge in [0, 0.05) is 5.41 Å². The van der Waals surface area contributed by atoms with E-state index in [1.54, 1.807) is 6.08 Å². The second kappa shape index (κ2) is 3.81. The summed E-state index contributed by atoms with van der Waals surface area (Å²) < 4.78 is 11.1. The molecule has 1 spiro atoms. The lowest BCUT2D eigenvalue weighted by Gasteiger charge is -2.41. The van der Waals surface area contributed by atoms with Crippen LogP contribution in [0.15, 0.2) is 12.2 Å². The minimum Gasteiger partial charge on any atom is -0.381 e. The molecule has 1 N–H and O–H groups in total. The quantitative estimate of drug-likeness (QED) is 0.509. The summed E-state index contributed by atoms with van der Waals surface area (Å²) in [5.74, 6) is -1.65. The Morgan fingerprint density at radius 1 is 1.44 bits per heavy atom. The molecule has 0 radical (unpaired) electrons. The second-order valence-electron chi connectivity index (χ2n) is 4.65. The average molecular weight is 247 g/mol. The molecule has 0 aromatic carbocycles. The van der Waals surface area contributed by atoms with Crippen LogP contribution in [0, 0.1) is 5.41 Å². The molecule has 90 valence electrons. The van der Waals surface area contributed by atoms with Crippen LogP contribution in [-0.4, -0.2) is 41.4 Å². The van der Waals surface area contributed by atoms with E-state index in [-0.39, 0.29) is 0 Å². The van der Waals surface area contributed by atoms with Gasteiger partial charge in [0.1, 0.15) is 11.5 Å². The average Bonchev–Trinajstić information content (AvgIpc) is 2.72. The molecule has 2 rings (SSSR count). The topological polar surface area (TPSA) is 55.8 Å². The minimum atomic E-state index is -1.19. The monoisotopic (exact) mass is 246 g/mol. The van der Waals surface area contributed by atoms with Crippen LogP contribution in [0.25, 0.3) is 0 Å². The SMILES string of the molecule is CC1(C)C=C[C@H](O)C(=O)C(Cl)C12OCCO2. The van der Waals surface area contributed by atoms with Gasteiger partial charge in [0.15, 0.2) is 5.78 Å². The molecule has 5 heteroatoms. The predicted molar refractivity (Wildman–Crippen MR) is 58.2 cm³/mol. The largest absolute Gasteiger partial charge is 0.381 e. The van der Waals surface area contributed by atoms with Gasteiger partial charge in [-0.05, 0) is 0 Å². The van der Waals surface area contributed by atoms with E-state index in [1.165, 1.54) is 6.08 Å². The lowest BCUT2D eigenvalue weighted by molar-refractivity contribution is -0.212. The molecule has 1 unspecified atom stereocenters. The zero-order chi connectivity index (χ0) is 12.0. The van der Waals surface area contributed by atoms with Crippen molar-refractivity contribution < 1.29 is 19.4 Å². The van der Waals surface area contributed by atoms with Gasteiger partial charge < -0.3 is 14.6 Å². The van der Waals surface area contributed by atoms with Crippen molar-refractivity contribution in [1.29, 1.82) is 0 Å². The fourth-order valence-electron chi connectivity index (χ4n) is 2.15. The van der Waals surface area contributed by atoms with E-state index in [1.807, 2.05) is 13.8 Å². The van der Waals surface area contributed by atoms with Crippen LogP contribution in [0.1, 0.15) is 13.8 Å². The van der Waals surface area contributed by atoms with Crippen LogP contribution >= 0.6 is 11.6 Å². The summed E-state index contributed by atoms with van der Waals surface area (Å²) in [4.78, 5) is 11.8. The van der Waals surface area contributed by atoms with Gasteiger partial charge in [-0.1, -0.05) is 26.0 Å². The number of rotatable bonds is 0. The van der Waals surface area contributed by atoms with Gasteiger partial charge in [0.25, 0.3) is 0 Å². The molecule has 0 amide bonds. The maximum absolute atomic E-state index is 11.8. The zero-order valence-electron chi connectivity index (χ0n) is 9.27. The van der Waals surface area contributed by atoms with Gasteiger partial charge >= 0.3 is 0 Å². The Morgan fingerprint density at radius 3 is 2.56 bits per heavy atom. The summed E-state index contributed by atoms with van der Waals surface area (Å²) >= 11 is 6.11. The first-order valence-electron chi connectivity index (χ1n) is 5.24. The minimum absolute atomic E-state index is 0.407. The molecule has 2 atom stereocenters. The first-order chi connectivity index (χ1) is 7.41. The lowest BCUT2D eigenvalue weighted by Crippen LogP contribution is -2.55. The standard InChI is InChI=1S/C11H15ClO4/c1-10(2)4-3-7(13)8(14)9(12)11(10)15-5-6-16-11/h3-4,7,9,13H,5-6H2,1-2H3/t7-,9?/m0/s1. The highest BCUT2D eigenvalue weighted by molar-refractivity contribution is 6.33. The molecule has 0 saturated carbocycles. The van der Waals surface area contributed by atoms with Crippen molar-refractivity contribution in [2.75, 3.05) is 13.2 Å². The zero-order valence-corrected chi connectivity index (χ0v) is 10.0. The number of hydrogen-bond donors (Lipinski definition) is 1. The molecular weight excluding hydrogens is 232 g/mol. The van der Waals surface area contributed by atoms with E-state index < -0.39 is 28.5 Å². The number of Topliss-reactive ketones (excluding diaryl/α,β-unsaturated/α-hetero) is 1. The van der Waals surface area contributed by atoms with Crippen LogP contribution < -0.4 is 0 Å². The maximum atomic E-state index is 11.8. The van der Waals surface area contributed by atoms with Crippen molar-refractivity contribution in [3.63, 3.8) is 0 Å². The second-order valence-corrected chi connectivity index (χ2v) is 5.09. The summed E-state index contributed by atoms with van der Waals surface area (Å²) in [5, 5.41) is 8.57. The normalized spacial score (nSPS) is 36.6. The molecule has 0 aromatic heterocycles. The Labute approximate surface area is 99.2 Å². The number of aliphatic hydroxyl groups excluding tert-OH is 1. The number of halogens is 1. The van der Waals surface area contributed by atoms with Gasteiger partial charge in [0.2, 0.25) is 5.79 Å². The van der Waals surface area contributed by atoms with Gasteiger partial charge in [-0.25, -0.2) is 0 Å². The van der Waals surface area contributed by atoms with Crippen LogP contribution in [0.4, 0.5) is 0 Å². The molecular formula is C11H15ClO4. The van der Waals surface area contributed by atoms with Crippen LogP contribution in [0.2, 0.25) is 0 Å². The number of ether oxygens (including phenoxy) is 2. The van der Waals surface area contributed by atoms with Crippen molar-refractivity contribution in [1.82, 2.24) is 0 Å². The molecule has 4 nitrogen and oxygen atoms in total. The van der Waals surface area contributed by atoms with Crippen molar-refractivity contribution in [3.05, 3.63) is 12.2 Å². The Bertz CT molecular complexity index is 331. The van der Waals surface area contributed by atoms with Gasteiger partial charge in [-0.2, -0.15) is 0 Å². The number of alkyl halides is 1. The molecule has 1 saturated heterocycles. The van der Waals surface area contributed by atoms with E-state index in [0.717, 1.165) is 0 Å². The summed E-state index contributed by atoms with van der Waals surface area (Å²) in [6, 6.07) is 0. The number of ketones is 1. The van der Waals surface area contributed by atoms with E-state index in [4.69, 9.17) is 21.1 Å². The molecule has 1 aliphatic heterocycles. The highest BCUT2D eigenvalue weighted by Crippen LogP contribution is 2.46. The predicted octanol–water partition coefficient (Wildman–Crippen LogP) is 0.863. The molecule has 16 heavy (non-hydrogen) atoms. The van der Waals surface area contributed by atoms with Crippen molar-refractivity contribution in [2.24, 2.45) is 5.41 Å². The Balaban J connectivity index is 2.47. The molecule has 1 heterocycles. The van der Waals surface area contributed by atoms with E-state index in [9.17, 15) is 9.90 Å². The lowest BCUT2D eigenvalue weighted by atomic mass is 9.81. The van der Waals surface area contributed by atoms with Crippen LogP contribution in [0.3, 0.4) is 0 Å². The van der Waals surface area contributed by atoms with Crippen molar-refractivity contribution in [2.45, 2.75) is 31.1 Å². The third kappa shape index (κ3) is 1.52.